The van der Waals surface area contributed by atoms with Gasteiger partial charge in [0.25, 0.3) is 0 Å². The summed E-state index contributed by atoms with van der Waals surface area (Å²) in [5.74, 6) is 1.71. The predicted octanol–water partition coefficient (Wildman–Crippen LogP) is 1.81. The van der Waals surface area contributed by atoms with Gasteiger partial charge in [0.15, 0.2) is 0 Å². The Labute approximate surface area is 99.1 Å². The van der Waals surface area contributed by atoms with E-state index in [4.69, 9.17) is 5.73 Å². The molecule has 0 aliphatic carbocycles. The summed E-state index contributed by atoms with van der Waals surface area (Å²) in [4.78, 5) is 5.59. The van der Waals surface area contributed by atoms with E-state index in [0.717, 1.165) is 11.6 Å². The summed E-state index contributed by atoms with van der Waals surface area (Å²) in [5, 5.41) is 6.50. The van der Waals surface area contributed by atoms with E-state index < -0.39 is 0 Å². The molecule has 0 aromatic carbocycles. The number of thiophene rings is 1. The van der Waals surface area contributed by atoms with E-state index in [9.17, 15) is 0 Å². The number of rotatable bonds is 3. The van der Waals surface area contributed by atoms with Gasteiger partial charge in [-0.1, -0.05) is 0 Å². The summed E-state index contributed by atoms with van der Waals surface area (Å²) in [6, 6.07) is 2.23. The van der Waals surface area contributed by atoms with E-state index in [2.05, 4.69) is 28.5 Å². The van der Waals surface area contributed by atoms with Gasteiger partial charge in [-0.25, -0.2) is 9.67 Å². The highest BCUT2D eigenvalue weighted by atomic mass is 32.1. The van der Waals surface area contributed by atoms with Gasteiger partial charge in [0, 0.05) is 11.4 Å². The van der Waals surface area contributed by atoms with Crippen molar-refractivity contribution in [3.63, 3.8) is 0 Å². The first-order valence-electron chi connectivity index (χ1n) is 5.27. The zero-order valence-corrected chi connectivity index (χ0v) is 10.6. The topological polar surface area (TPSA) is 56.7 Å². The van der Waals surface area contributed by atoms with Crippen molar-refractivity contribution in [2.75, 3.05) is 6.54 Å². The molecule has 0 saturated heterocycles. The van der Waals surface area contributed by atoms with Crippen LogP contribution in [0.4, 0.5) is 0 Å². The lowest BCUT2D eigenvalue weighted by Crippen LogP contribution is -2.22. The molecule has 0 bridgehead atoms. The number of nitrogens with zero attached hydrogens (tertiary/aromatic N) is 3. The Morgan fingerprint density at radius 1 is 1.44 bits per heavy atom. The van der Waals surface area contributed by atoms with Gasteiger partial charge in [0.2, 0.25) is 0 Å². The highest BCUT2D eigenvalue weighted by Gasteiger charge is 2.18. The fourth-order valence-corrected chi connectivity index (χ4v) is 2.90. The van der Waals surface area contributed by atoms with Crippen molar-refractivity contribution in [2.24, 2.45) is 5.73 Å². The molecular weight excluding hydrogens is 220 g/mol. The second kappa shape index (κ2) is 4.35. The molecule has 86 valence electrons. The zero-order chi connectivity index (χ0) is 11.7. The average molecular weight is 236 g/mol. The summed E-state index contributed by atoms with van der Waals surface area (Å²) in [6.07, 6.45) is 0. The molecule has 2 rings (SSSR count). The Hall–Kier alpha value is -1.20. The fraction of sp³-hybridized carbons (Fsp3) is 0.455. The molecule has 0 aliphatic rings. The van der Waals surface area contributed by atoms with Crippen molar-refractivity contribution in [1.29, 1.82) is 0 Å². The minimum atomic E-state index is 0.112. The van der Waals surface area contributed by atoms with Crippen LogP contribution in [0.5, 0.6) is 0 Å². The van der Waals surface area contributed by atoms with Crippen LogP contribution in [0, 0.1) is 20.8 Å². The van der Waals surface area contributed by atoms with E-state index in [1.165, 1.54) is 10.4 Å². The maximum atomic E-state index is 5.86. The zero-order valence-electron chi connectivity index (χ0n) is 9.77. The molecule has 2 aromatic heterocycles. The van der Waals surface area contributed by atoms with Crippen molar-refractivity contribution < 1.29 is 0 Å². The Kier molecular flexibility index (Phi) is 3.07. The molecular formula is C11H16N4S. The van der Waals surface area contributed by atoms with Crippen molar-refractivity contribution >= 4 is 11.3 Å². The molecule has 0 saturated carbocycles. The van der Waals surface area contributed by atoms with Crippen LogP contribution < -0.4 is 5.73 Å². The summed E-state index contributed by atoms with van der Waals surface area (Å²) in [7, 11) is 0. The second-order valence-corrected chi connectivity index (χ2v) is 4.82. The Bertz CT molecular complexity index is 486. The van der Waals surface area contributed by atoms with Crippen LogP contribution in [0.2, 0.25) is 0 Å². The highest BCUT2D eigenvalue weighted by molar-refractivity contribution is 7.10. The lowest BCUT2D eigenvalue weighted by molar-refractivity contribution is 0.520. The lowest BCUT2D eigenvalue weighted by Gasteiger charge is -2.16. The Morgan fingerprint density at radius 2 is 2.19 bits per heavy atom. The summed E-state index contributed by atoms with van der Waals surface area (Å²) in [5.41, 5.74) is 7.13. The molecule has 16 heavy (non-hydrogen) atoms. The first kappa shape index (κ1) is 11.3. The van der Waals surface area contributed by atoms with Crippen LogP contribution in [0.1, 0.15) is 28.1 Å². The van der Waals surface area contributed by atoms with E-state index in [1.807, 2.05) is 18.5 Å². The molecule has 0 aliphatic heterocycles. The minimum Gasteiger partial charge on any atom is -0.328 e. The summed E-state index contributed by atoms with van der Waals surface area (Å²) >= 11 is 1.73. The molecule has 5 heteroatoms. The quantitative estimate of drug-likeness (QED) is 0.884. The van der Waals surface area contributed by atoms with Crippen molar-refractivity contribution in [1.82, 2.24) is 14.8 Å². The van der Waals surface area contributed by atoms with E-state index in [-0.39, 0.29) is 6.04 Å². The van der Waals surface area contributed by atoms with Gasteiger partial charge in [-0.3, -0.25) is 0 Å². The van der Waals surface area contributed by atoms with Gasteiger partial charge in [0.05, 0.1) is 0 Å². The molecule has 1 unspecified atom stereocenters. The predicted molar refractivity (Wildman–Crippen MR) is 65.7 cm³/mol. The fourth-order valence-electron chi connectivity index (χ4n) is 1.88. The molecule has 0 radical (unpaired) electrons. The van der Waals surface area contributed by atoms with Crippen molar-refractivity contribution in [3.05, 3.63) is 33.5 Å². The van der Waals surface area contributed by atoms with Crippen LogP contribution in [-0.4, -0.2) is 21.3 Å². The van der Waals surface area contributed by atoms with Gasteiger partial charge in [-0.2, -0.15) is 5.10 Å². The van der Waals surface area contributed by atoms with Gasteiger partial charge < -0.3 is 5.73 Å². The molecule has 2 N–H and O–H groups in total. The summed E-state index contributed by atoms with van der Waals surface area (Å²) < 4.78 is 1.92. The van der Waals surface area contributed by atoms with Crippen LogP contribution in [-0.2, 0) is 0 Å². The number of aromatic nitrogens is 3. The summed E-state index contributed by atoms with van der Waals surface area (Å²) in [6.45, 7) is 6.52. The highest BCUT2D eigenvalue weighted by Crippen LogP contribution is 2.26. The van der Waals surface area contributed by atoms with Crippen molar-refractivity contribution in [2.45, 2.75) is 26.8 Å². The Balaban J connectivity index is 2.44. The lowest BCUT2D eigenvalue weighted by atomic mass is 10.1. The average Bonchev–Trinajstić information content (AvgIpc) is 2.77. The molecule has 4 nitrogen and oxygen atoms in total. The third-order valence-corrected chi connectivity index (χ3v) is 3.75. The third kappa shape index (κ3) is 1.88. The maximum absolute atomic E-state index is 5.86. The third-order valence-electron chi connectivity index (χ3n) is 2.63. The van der Waals surface area contributed by atoms with Crippen LogP contribution in [0.3, 0.4) is 0 Å². The first-order chi connectivity index (χ1) is 7.63. The van der Waals surface area contributed by atoms with Gasteiger partial charge in [0.1, 0.15) is 17.7 Å². The molecule has 2 aromatic rings. The van der Waals surface area contributed by atoms with Crippen molar-refractivity contribution in [3.8, 4) is 0 Å². The number of hydrogen-bond acceptors (Lipinski definition) is 4. The number of nitrogens with two attached hydrogens (primary N) is 1. The molecule has 0 amide bonds. The molecule has 2 heterocycles. The maximum Gasteiger partial charge on any atom is 0.147 e. The van der Waals surface area contributed by atoms with Crippen LogP contribution in [0.15, 0.2) is 11.4 Å². The smallest absolute Gasteiger partial charge is 0.147 e. The van der Waals surface area contributed by atoms with Crippen LogP contribution >= 0.6 is 11.3 Å². The standard InChI is InChI=1S/C11H16N4S/c1-7-4-5-16-11(7)10(6-12)15-9(3)13-8(2)14-15/h4-5,10H,6,12H2,1-3H3. The van der Waals surface area contributed by atoms with Gasteiger partial charge >= 0.3 is 0 Å². The largest absolute Gasteiger partial charge is 0.328 e. The monoisotopic (exact) mass is 236 g/mol. The first-order valence-corrected chi connectivity index (χ1v) is 6.15. The second-order valence-electron chi connectivity index (χ2n) is 3.87. The van der Waals surface area contributed by atoms with E-state index in [1.54, 1.807) is 11.3 Å². The van der Waals surface area contributed by atoms with E-state index >= 15 is 0 Å². The molecule has 0 spiro atoms. The van der Waals surface area contributed by atoms with E-state index in [0.29, 0.717) is 6.54 Å². The molecule has 0 fully saturated rings. The Morgan fingerprint density at radius 3 is 2.62 bits per heavy atom. The van der Waals surface area contributed by atoms with Gasteiger partial charge in [-0.15, -0.1) is 11.3 Å². The van der Waals surface area contributed by atoms with Crippen LogP contribution in [0.25, 0.3) is 0 Å². The molecule has 1 atom stereocenters. The SMILES string of the molecule is Cc1nc(C)n(C(CN)c2sccc2C)n1. The normalized spacial score (nSPS) is 13.0. The minimum absolute atomic E-state index is 0.112. The number of hydrogen-bond donors (Lipinski definition) is 1. The number of aryl methyl sites for hydroxylation is 3. The van der Waals surface area contributed by atoms with Gasteiger partial charge in [-0.05, 0) is 37.8 Å².